The van der Waals surface area contributed by atoms with Gasteiger partial charge in [0.15, 0.2) is 5.96 Å². The third-order valence-electron chi connectivity index (χ3n) is 5.36. The van der Waals surface area contributed by atoms with Crippen molar-refractivity contribution in [2.24, 2.45) is 4.99 Å². The van der Waals surface area contributed by atoms with E-state index in [1.54, 1.807) is 6.26 Å². The molecule has 0 radical (unpaired) electrons. The summed E-state index contributed by atoms with van der Waals surface area (Å²) in [4.78, 5) is 11.8. The van der Waals surface area contributed by atoms with Crippen molar-refractivity contribution in [1.29, 1.82) is 0 Å². The van der Waals surface area contributed by atoms with Crippen LogP contribution >= 0.6 is 35.7 Å². The highest BCUT2D eigenvalue weighted by Crippen LogP contribution is 2.20. The van der Waals surface area contributed by atoms with Crippen LogP contribution in [0.4, 0.5) is 5.69 Å². The predicted octanol–water partition coefficient (Wildman–Crippen LogP) is 5.08. The molecule has 0 saturated carbocycles. The summed E-state index contributed by atoms with van der Waals surface area (Å²) in [7, 11) is 0. The lowest BCUT2D eigenvalue weighted by Crippen LogP contribution is -2.36. The lowest BCUT2D eigenvalue weighted by atomic mass is 10.1. The third-order valence-corrected chi connectivity index (χ3v) is 6.31. The van der Waals surface area contributed by atoms with Crippen molar-refractivity contribution in [3.8, 4) is 11.5 Å². The number of nitrogens with zero attached hydrogens (tertiary/aromatic N) is 3. The van der Waals surface area contributed by atoms with Crippen LogP contribution in [0.25, 0.3) is 11.5 Å². The van der Waals surface area contributed by atoms with Crippen LogP contribution < -0.4 is 15.5 Å². The molecule has 0 amide bonds. The fraction of sp³-hybridized carbons (Fsp3) is 0.360. The molecule has 4 rings (SSSR count). The van der Waals surface area contributed by atoms with E-state index < -0.39 is 0 Å². The number of hydrogen-bond donors (Lipinski definition) is 2. The molecule has 176 valence electrons. The molecule has 33 heavy (non-hydrogen) atoms. The highest BCUT2D eigenvalue weighted by molar-refractivity contribution is 14.0. The van der Waals surface area contributed by atoms with Gasteiger partial charge in [-0.1, -0.05) is 29.8 Å². The number of thioether (sulfide) groups is 1. The van der Waals surface area contributed by atoms with Gasteiger partial charge in [0.1, 0.15) is 6.26 Å². The second kappa shape index (κ2) is 12.9. The zero-order valence-electron chi connectivity index (χ0n) is 19.2. The molecule has 1 aromatic heterocycles. The molecule has 3 aromatic rings. The van der Waals surface area contributed by atoms with E-state index in [1.807, 2.05) is 23.9 Å². The van der Waals surface area contributed by atoms with Crippen LogP contribution in [0.1, 0.15) is 23.7 Å². The Morgan fingerprint density at radius 3 is 2.48 bits per heavy atom. The Labute approximate surface area is 217 Å². The van der Waals surface area contributed by atoms with Crippen LogP contribution in [-0.4, -0.2) is 42.1 Å². The quantitative estimate of drug-likeness (QED) is 0.232. The first-order valence-corrected chi connectivity index (χ1v) is 12.3. The number of aromatic nitrogens is 1. The normalized spacial score (nSPS) is 14.0. The fourth-order valence-corrected chi connectivity index (χ4v) is 4.44. The van der Waals surface area contributed by atoms with Crippen LogP contribution in [0.5, 0.6) is 0 Å². The molecule has 2 N–H and O–H groups in total. The molecule has 2 heterocycles. The zero-order valence-corrected chi connectivity index (χ0v) is 22.4. The van der Waals surface area contributed by atoms with E-state index in [0.29, 0.717) is 19.0 Å². The molecule has 0 bridgehead atoms. The lowest BCUT2D eigenvalue weighted by Gasteiger charge is -2.28. The molecular formula is C25H32IN5OS. The average molecular weight is 578 g/mol. The minimum Gasteiger partial charge on any atom is -0.444 e. The maximum absolute atomic E-state index is 5.66. The number of anilines is 1. The lowest BCUT2D eigenvalue weighted by molar-refractivity contribution is 0.572. The van der Waals surface area contributed by atoms with Gasteiger partial charge in [0.25, 0.3) is 0 Å². The van der Waals surface area contributed by atoms with Gasteiger partial charge < -0.3 is 20.0 Å². The Balaban J connectivity index is 0.00000306. The Kier molecular flexibility index (Phi) is 9.93. The van der Waals surface area contributed by atoms with Gasteiger partial charge in [0.05, 0.1) is 18.8 Å². The molecule has 2 aromatic carbocycles. The highest BCUT2D eigenvalue weighted by Gasteiger charge is 2.11. The number of halogens is 1. The summed E-state index contributed by atoms with van der Waals surface area (Å²) in [5.41, 5.74) is 5.54. The maximum Gasteiger partial charge on any atom is 0.226 e. The Morgan fingerprint density at radius 1 is 1.06 bits per heavy atom. The van der Waals surface area contributed by atoms with E-state index in [9.17, 15) is 0 Å². The van der Waals surface area contributed by atoms with Crippen LogP contribution in [0, 0.1) is 6.92 Å². The molecule has 1 aliphatic heterocycles. The largest absolute Gasteiger partial charge is 0.444 e. The van der Waals surface area contributed by atoms with Gasteiger partial charge in [0, 0.05) is 42.4 Å². The third kappa shape index (κ3) is 7.40. The number of oxazole rings is 1. The number of guanidine groups is 1. The van der Waals surface area contributed by atoms with Crippen molar-refractivity contribution >= 4 is 47.4 Å². The van der Waals surface area contributed by atoms with Crippen molar-refractivity contribution in [1.82, 2.24) is 15.6 Å². The summed E-state index contributed by atoms with van der Waals surface area (Å²) in [6, 6.07) is 17.0. The van der Waals surface area contributed by atoms with E-state index in [1.165, 1.54) is 28.3 Å². The highest BCUT2D eigenvalue weighted by atomic mass is 127. The molecule has 6 nitrogen and oxygen atoms in total. The van der Waals surface area contributed by atoms with Crippen LogP contribution in [0.2, 0.25) is 0 Å². The maximum atomic E-state index is 5.66. The van der Waals surface area contributed by atoms with Crippen LogP contribution in [0.3, 0.4) is 0 Å². The minimum atomic E-state index is 0. The smallest absolute Gasteiger partial charge is 0.226 e. The summed E-state index contributed by atoms with van der Waals surface area (Å²) in [6.45, 7) is 8.36. The molecule has 1 fully saturated rings. The molecule has 0 unspecified atom stereocenters. The SMILES string of the molecule is CCNC(=NCc1ccc(N2CCSCC2)cc1)NCc1coc(-c2ccc(C)cc2)n1.I. The first-order valence-electron chi connectivity index (χ1n) is 11.2. The first-order chi connectivity index (χ1) is 15.7. The number of nitrogens with one attached hydrogen (secondary N) is 2. The van der Waals surface area contributed by atoms with Gasteiger partial charge in [0.2, 0.25) is 5.89 Å². The summed E-state index contributed by atoms with van der Waals surface area (Å²) < 4.78 is 5.66. The summed E-state index contributed by atoms with van der Waals surface area (Å²) in [5.74, 6) is 3.82. The van der Waals surface area contributed by atoms with Gasteiger partial charge in [-0.2, -0.15) is 11.8 Å². The number of aryl methyl sites for hydroxylation is 1. The van der Waals surface area contributed by atoms with Crippen molar-refractivity contribution in [3.63, 3.8) is 0 Å². The van der Waals surface area contributed by atoms with E-state index in [4.69, 9.17) is 9.41 Å². The van der Waals surface area contributed by atoms with Crippen molar-refractivity contribution in [2.45, 2.75) is 26.9 Å². The molecule has 0 spiro atoms. The van der Waals surface area contributed by atoms with Crippen molar-refractivity contribution in [3.05, 3.63) is 71.6 Å². The topological polar surface area (TPSA) is 65.7 Å². The van der Waals surface area contributed by atoms with E-state index >= 15 is 0 Å². The second-order valence-electron chi connectivity index (χ2n) is 7.82. The standard InChI is InChI=1S/C25H31N5OS.HI/c1-3-26-25(27-16-20-6-10-23(11-7-20)30-12-14-32-15-13-30)28-17-22-18-31-24(29-22)21-8-4-19(2)5-9-21;/h4-11,18H,3,12-17H2,1-2H3,(H2,26,27,28);1H. The van der Waals surface area contributed by atoms with Gasteiger partial charge in [-0.15, -0.1) is 24.0 Å². The summed E-state index contributed by atoms with van der Waals surface area (Å²) in [6.07, 6.45) is 1.70. The van der Waals surface area contributed by atoms with Gasteiger partial charge in [-0.05, 0) is 43.7 Å². The van der Waals surface area contributed by atoms with E-state index in [2.05, 4.69) is 70.8 Å². The molecular weight excluding hydrogens is 545 g/mol. The van der Waals surface area contributed by atoms with E-state index in [-0.39, 0.29) is 24.0 Å². The number of benzene rings is 2. The Morgan fingerprint density at radius 2 is 1.79 bits per heavy atom. The second-order valence-corrected chi connectivity index (χ2v) is 9.05. The number of hydrogen-bond acceptors (Lipinski definition) is 5. The first kappa shape index (κ1) is 25.4. The summed E-state index contributed by atoms with van der Waals surface area (Å²) >= 11 is 2.03. The molecule has 0 atom stereocenters. The van der Waals surface area contributed by atoms with Gasteiger partial charge >= 0.3 is 0 Å². The molecule has 0 aliphatic carbocycles. The van der Waals surface area contributed by atoms with Crippen LogP contribution in [-0.2, 0) is 13.1 Å². The Bertz CT molecular complexity index is 1010. The molecule has 1 saturated heterocycles. The summed E-state index contributed by atoms with van der Waals surface area (Å²) in [5, 5.41) is 6.65. The predicted molar refractivity (Wildman–Crippen MR) is 150 cm³/mol. The number of aliphatic imine (C=N–C) groups is 1. The zero-order chi connectivity index (χ0) is 22.2. The van der Waals surface area contributed by atoms with Crippen molar-refractivity contribution < 1.29 is 4.42 Å². The molecule has 1 aliphatic rings. The van der Waals surface area contributed by atoms with Gasteiger partial charge in [-0.25, -0.2) is 9.98 Å². The Hall–Kier alpha value is -2.20. The van der Waals surface area contributed by atoms with Crippen LogP contribution in [0.15, 0.2) is 64.2 Å². The monoisotopic (exact) mass is 577 g/mol. The average Bonchev–Trinajstić information content (AvgIpc) is 3.31. The minimum absolute atomic E-state index is 0. The van der Waals surface area contributed by atoms with Gasteiger partial charge in [-0.3, -0.25) is 0 Å². The molecule has 8 heteroatoms. The fourth-order valence-electron chi connectivity index (χ4n) is 3.54. The number of rotatable bonds is 7. The van der Waals surface area contributed by atoms with Crippen molar-refractivity contribution in [2.75, 3.05) is 36.0 Å². The van der Waals surface area contributed by atoms with E-state index in [0.717, 1.165) is 36.9 Å².